The molecule has 23 heavy (non-hydrogen) atoms. The van der Waals surface area contributed by atoms with Gasteiger partial charge in [0.15, 0.2) is 5.65 Å². The average molecular weight is 316 g/mol. The Labute approximate surface area is 133 Å². The first-order valence-corrected chi connectivity index (χ1v) is 7.39. The molecular weight excluding hydrogens is 296 g/mol. The number of hydrogen-bond donors (Lipinski definition) is 3. The summed E-state index contributed by atoms with van der Waals surface area (Å²) >= 11 is 0. The molecule has 0 fully saturated rings. The highest BCUT2D eigenvalue weighted by Crippen LogP contribution is 2.18. The van der Waals surface area contributed by atoms with E-state index >= 15 is 0 Å². The second kappa shape index (κ2) is 7.92. The van der Waals surface area contributed by atoms with Gasteiger partial charge in [-0.05, 0) is 24.6 Å². The van der Waals surface area contributed by atoms with Gasteiger partial charge in [0.2, 0.25) is 0 Å². The lowest BCUT2D eigenvalue weighted by Crippen LogP contribution is -2.05. The first-order valence-electron chi connectivity index (χ1n) is 7.39. The lowest BCUT2D eigenvalue weighted by atomic mass is 10.3. The summed E-state index contributed by atoms with van der Waals surface area (Å²) in [6.07, 6.45) is 5.82. The molecule has 0 aliphatic heterocycles. The van der Waals surface area contributed by atoms with Crippen LogP contribution in [0.15, 0.2) is 30.6 Å². The van der Waals surface area contributed by atoms with Gasteiger partial charge >= 0.3 is 0 Å². The first-order chi connectivity index (χ1) is 11.1. The van der Waals surface area contributed by atoms with Crippen molar-refractivity contribution >= 4 is 17.4 Å². The van der Waals surface area contributed by atoms with Crippen LogP contribution in [-0.4, -0.2) is 42.4 Å². The van der Waals surface area contributed by atoms with Gasteiger partial charge in [-0.2, -0.15) is 5.10 Å². The van der Waals surface area contributed by atoms with E-state index in [1.807, 2.05) is 22.7 Å². The molecule has 3 aromatic rings. The van der Waals surface area contributed by atoms with Gasteiger partial charge in [0, 0.05) is 19.7 Å². The minimum Gasteiger partial charge on any atom is -0.481 e. The van der Waals surface area contributed by atoms with Crippen LogP contribution >= 0.6 is 0 Å². The molecule has 3 rings (SSSR count). The van der Waals surface area contributed by atoms with E-state index in [-0.39, 0.29) is 0 Å². The van der Waals surface area contributed by atoms with Crippen molar-refractivity contribution in [3.8, 4) is 11.4 Å². The standard InChI is InChI=1S/C13H16N6.C2H4O2/c1-2-3-7-14-12-4-5-13-15-9-11(19(13)18-12)10-6-8-16-17-10;1-2(3)4/h4-6,8-9H,2-3,7H2,1H3,(H,14,18)(H,16,17);1H3,(H,3,4). The largest absolute Gasteiger partial charge is 0.481 e. The number of carboxylic acids is 1. The Morgan fingerprint density at radius 1 is 1.39 bits per heavy atom. The Morgan fingerprint density at radius 3 is 2.83 bits per heavy atom. The molecule has 3 aromatic heterocycles. The van der Waals surface area contributed by atoms with Crippen molar-refractivity contribution in [3.05, 3.63) is 30.6 Å². The molecule has 3 heterocycles. The molecule has 0 spiro atoms. The molecule has 122 valence electrons. The van der Waals surface area contributed by atoms with Crippen molar-refractivity contribution in [2.45, 2.75) is 26.7 Å². The van der Waals surface area contributed by atoms with Crippen LogP contribution in [0.2, 0.25) is 0 Å². The van der Waals surface area contributed by atoms with Crippen molar-refractivity contribution in [2.75, 3.05) is 11.9 Å². The average Bonchev–Trinajstić information content (AvgIpc) is 3.15. The third-order valence-corrected chi connectivity index (χ3v) is 2.98. The molecule has 0 aliphatic rings. The Kier molecular flexibility index (Phi) is 5.67. The molecule has 0 aliphatic carbocycles. The van der Waals surface area contributed by atoms with E-state index < -0.39 is 5.97 Å². The minimum absolute atomic E-state index is 0.825. The molecule has 8 heteroatoms. The number of hydrogen-bond acceptors (Lipinski definition) is 5. The quantitative estimate of drug-likeness (QED) is 0.624. The van der Waals surface area contributed by atoms with Crippen molar-refractivity contribution in [1.82, 2.24) is 24.8 Å². The van der Waals surface area contributed by atoms with Crippen molar-refractivity contribution < 1.29 is 9.90 Å². The predicted molar refractivity (Wildman–Crippen MR) is 87.3 cm³/mol. The maximum Gasteiger partial charge on any atom is 0.300 e. The van der Waals surface area contributed by atoms with Gasteiger partial charge in [-0.15, -0.1) is 5.10 Å². The third-order valence-electron chi connectivity index (χ3n) is 2.98. The molecule has 0 saturated heterocycles. The van der Waals surface area contributed by atoms with Crippen LogP contribution in [0.1, 0.15) is 26.7 Å². The summed E-state index contributed by atoms with van der Waals surface area (Å²) in [4.78, 5) is 13.3. The number of aliphatic carboxylic acids is 1. The van der Waals surface area contributed by atoms with E-state index in [2.05, 4.69) is 32.5 Å². The maximum absolute atomic E-state index is 9.00. The zero-order chi connectivity index (χ0) is 16.7. The molecule has 0 bridgehead atoms. The van der Waals surface area contributed by atoms with E-state index in [4.69, 9.17) is 9.90 Å². The molecular formula is C15H20N6O2. The Bertz CT molecular complexity index is 747. The smallest absolute Gasteiger partial charge is 0.300 e. The van der Waals surface area contributed by atoms with Crippen molar-refractivity contribution in [1.29, 1.82) is 0 Å². The van der Waals surface area contributed by atoms with Crippen LogP contribution in [0.25, 0.3) is 17.0 Å². The monoisotopic (exact) mass is 316 g/mol. The zero-order valence-electron chi connectivity index (χ0n) is 13.2. The summed E-state index contributed by atoms with van der Waals surface area (Å²) in [7, 11) is 0. The van der Waals surface area contributed by atoms with Crippen LogP contribution in [0.3, 0.4) is 0 Å². The molecule has 0 aromatic carbocycles. The fourth-order valence-corrected chi connectivity index (χ4v) is 1.94. The minimum atomic E-state index is -0.833. The molecule has 0 atom stereocenters. The lowest BCUT2D eigenvalue weighted by Gasteiger charge is -2.05. The van der Waals surface area contributed by atoms with E-state index in [9.17, 15) is 0 Å². The fraction of sp³-hybridized carbons (Fsp3) is 0.333. The van der Waals surface area contributed by atoms with Gasteiger partial charge in [-0.3, -0.25) is 9.89 Å². The lowest BCUT2D eigenvalue weighted by molar-refractivity contribution is -0.134. The van der Waals surface area contributed by atoms with Gasteiger partial charge in [0.1, 0.15) is 11.5 Å². The normalized spacial score (nSPS) is 10.2. The van der Waals surface area contributed by atoms with E-state index in [1.54, 1.807) is 12.4 Å². The fourth-order valence-electron chi connectivity index (χ4n) is 1.94. The van der Waals surface area contributed by atoms with E-state index in [1.165, 1.54) is 6.42 Å². The number of aromatic amines is 1. The number of nitrogens with zero attached hydrogens (tertiary/aromatic N) is 4. The second-order valence-corrected chi connectivity index (χ2v) is 4.90. The molecule has 8 nitrogen and oxygen atoms in total. The first kappa shape index (κ1) is 16.5. The number of H-pyrrole nitrogens is 1. The molecule has 0 saturated carbocycles. The van der Waals surface area contributed by atoms with Gasteiger partial charge in [0.25, 0.3) is 5.97 Å². The highest BCUT2D eigenvalue weighted by atomic mass is 16.4. The van der Waals surface area contributed by atoms with Crippen LogP contribution in [-0.2, 0) is 4.79 Å². The van der Waals surface area contributed by atoms with Gasteiger partial charge in [-0.25, -0.2) is 9.50 Å². The number of carbonyl (C=O) groups is 1. The molecule has 0 radical (unpaired) electrons. The number of carboxylic acid groups (broad SMARTS) is 1. The van der Waals surface area contributed by atoms with Crippen LogP contribution in [0, 0.1) is 0 Å². The topological polar surface area (TPSA) is 108 Å². The highest BCUT2D eigenvalue weighted by molar-refractivity contribution is 5.63. The number of fused-ring (bicyclic) bond motifs is 1. The molecule has 3 N–H and O–H groups in total. The number of imidazole rings is 1. The Balaban J connectivity index is 0.000000433. The SMILES string of the molecule is CC(=O)O.CCCCNc1ccc2ncc(-c3ccn[nH]3)n2n1. The number of aromatic nitrogens is 5. The highest BCUT2D eigenvalue weighted by Gasteiger charge is 2.08. The van der Waals surface area contributed by atoms with Crippen molar-refractivity contribution in [2.24, 2.45) is 0 Å². The third kappa shape index (κ3) is 4.53. The summed E-state index contributed by atoms with van der Waals surface area (Å²) in [5.41, 5.74) is 2.64. The zero-order valence-corrected chi connectivity index (χ0v) is 13.2. The van der Waals surface area contributed by atoms with Crippen LogP contribution in [0.5, 0.6) is 0 Å². The summed E-state index contributed by atoms with van der Waals surface area (Å²) in [6.45, 7) is 4.19. The summed E-state index contributed by atoms with van der Waals surface area (Å²) < 4.78 is 1.82. The Morgan fingerprint density at radius 2 is 2.17 bits per heavy atom. The summed E-state index contributed by atoms with van der Waals surface area (Å²) in [6, 6.07) is 5.82. The summed E-state index contributed by atoms with van der Waals surface area (Å²) in [5, 5.41) is 22.2. The second-order valence-electron chi connectivity index (χ2n) is 4.90. The maximum atomic E-state index is 9.00. The predicted octanol–water partition coefficient (Wildman–Crippen LogP) is 2.42. The van der Waals surface area contributed by atoms with Crippen LogP contribution < -0.4 is 5.32 Å². The summed E-state index contributed by atoms with van der Waals surface area (Å²) in [5.74, 6) is 0.0275. The van der Waals surface area contributed by atoms with E-state index in [0.29, 0.717) is 0 Å². The van der Waals surface area contributed by atoms with Gasteiger partial charge in [0.05, 0.1) is 11.9 Å². The van der Waals surface area contributed by atoms with E-state index in [0.717, 1.165) is 42.7 Å². The van der Waals surface area contributed by atoms with Gasteiger partial charge in [-0.1, -0.05) is 13.3 Å². The molecule has 0 amide bonds. The van der Waals surface area contributed by atoms with Gasteiger partial charge < -0.3 is 10.4 Å². The number of rotatable bonds is 5. The number of nitrogens with one attached hydrogen (secondary N) is 2. The number of unbranched alkanes of at least 4 members (excludes halogenated alkanes) is 1. The number of anilines is 1. The molecule has 0 unspecified atom stereocenters. The van der Waals surface area contributed by atoms with Crippen molar-refractivity contribution in [3.63, 3.8) is 0 Å². The Hall–Kier alpha value is -2.90. The van der Waals surface area contributed by atoms with Crippen LogP contribution in [0.4, 0.5) is 5.82 Å².